The van der Waals surface area contributed by atoms with Crippen molar-refractivity contribution < 1.29 is 0 Å². The van der Waals surface area contributed by atoms with Gasteiger partial charge < -0.3 is 10.3 Å². The van der Waals surface area contributed by atoms with Gasteiger partial charge in [-0.25, -0.2) is 0 Å². The normalized spacial score (nSPS) is 13.2. The van der Waals surface area contributed by atoms with Crippen LogP contribution < -0.4 is 5.73 Å². The van der Waals surface area contributed by atoms with Crippen molar-refractivity contribution in [2.75, 3.05) is 6.54 Å². The van der Waals surface area contributed by atoms with Crippen molar-refractivity contribution in [2.45, 2.75) is 33.2 Å². The van der Waals surface area contributed by atoms with E-state index in [-0.39, 0.29) is 0 Å². The maximum Gasteiger partial charge on any atom is 0.0483 e. The Bertz CT molecular complexity index is 497. The van der Waals surface area contributed by atoms with Crippen LogP contribution in [0, 0.1) is 6.92 Å². The highest BCUT2D eigenvalue weighted by molar-refractivity contribution is 5.85. The Morgan fingerprint density at radius 2 is 2.12 bits per heavy atom. The summed E-state index contributed by atoms with van der Waals surface area (Å²) in [5, 5.41) is 1.36. The van der Waals surface area contributed by atoms with Gasteiger partial charge in [-0.05, 0) is 44.0 Å². The van der Waals surface area contributed by atoms with E-state index in [0.717, 1.165) is 6.54 Å². The van der Waals surface area contributed by atoms with Gasteiger partial charge in [-0.15, -0.1) is 0 Å². The summed E-state index contributed by atoms with van der Waals surface area (Å²) in [7, 11) is 0. The van der Waals surface area contributed by atoms with Crippen LogP contribution in [0.25, 0.3) is 10.9 Å². The minimum Gasteiger partial charge on any atom is -0.347 e. The molecule has 0 radical (unpaired) electrons. The topological polar surface area (TPSA) is 30.9 Å². The molecule has 2 heteroatoms. The summed E-state index contributed by atoms with van der Waals surface area (Å²) in [6.07, 6.45) is 2.25. The van der Waals surface area contributed by atoms with Crippen LogP contribution in [0.2, 0.25) is 0 Å². The smallest absolute Gasteiger partial charge is 0.0483 e. The average molecular weight is 216 g/mol. The van der Waals surface area contributed by atoms with Gasteiger partial charge in [0.25, 0.3) is 0 Å². The number of rotatable bonds is 3. The number of fused-ring (bicyclic) bond motifs is 1. The van der Waals surface area contributed by atoms with Crippen molar-refractivity contribution in [1.82, 2.24) is 4.57 Å². The van der Waals surface area contributed by atoms with Crippen LogP contribution in [0.4, 0.5) is 0 Å². The summed E-state index contributed by atoms with van der Waals surface area (Å²) in [5.41, 5.74) is 9.79. The minimum atomic E-state index is 0.428. The highest BCUT2D eigenvalue weighted by Gasteiger charge is 2.12. The third kappa shape index (κ3) is 1.74. The van der Waals surface area contributed by atoms with Gasteiger partial charge in [-0.2, -0.15) is 0 Å². The molecule has 0 amide bonds. The van der Waals surface area contributed by atoms with Crippen LogP contribution in [0.3, 0.4) is 0 Å². The predicted octanol–water partition coefficient (Wildman–Crippen LogP) is 3.03. The molecule has 0 aliphatic heterocycles. The Labute approximate surface area is 97.1 Å². The van der Waals surface area contributed by atoms with E-state index >= 15 is 0 Å². The van der Waals surface area contributed by atoms with E-state index in [9.17, 15) is 0 Å². The molecule has 0 saturated heterocycles. The van der Waals surface area contributed by atoms with Crippen molar-refractivity contribution in [1.29, 1.82) is 0 Å². The molecule has 1 aromatic heterocycles. The van der Waals surface area contributed by atoms with Gasteiger partial charge in [0.15, 0.2) is 0 Å². The van der Waals surface area contributed by atoms with Crippen LogP contribution in [-0.4, -0.2) is 11.1 Å². The molecule has 1 atom stereocenters. The third-order valence-electron chi connectivity index (χ3n) is 3.29. The summed E-state index contributed by atoms with van der Waals surface area (Å²) >= 11 is 0. The fourth-order valence-electron chi connectivity index (χ4n) is 2.22. The molecule has 86 valence electrons. The molecule has 1 unspecified atom stereocenters. The molecule has 0 saturated carbocycles. The molecule has 0 spiro atoms. The van der Waals surface area contributed by atoms with Gasteiger partial charge in [-0.3, -0.25) is 0 Å². The van der Waals surface area contributed by atoms with Crippen molar-refractivity contribution in [2.24, 2.45) is 5.73 Å². The molecule has 0 bridgehead atoms. The number of hydrogen-bond donors (Lipinski definition) is 1. The van der Waals surface area contributed by atoms with Crippen LogP contribution in [0.15, 0.2) is 24.4 Å². The van der Waals surface area contributed by atoms with Crippen LogP contribution in [-0.2, 0) is 6.54 Å². The summed E-state index contributed by atoms with van der Waals surface area (Å²) in [6.45, 7) is 8.22. The fraction of sp³-hybridized carbons (Fsp3) is 0.429. The van der Waals surface area contributed by atoms with Gasteiger partial charge in [0.05, 0.1) is 0 Å². The summed E-state index contributed by atoms with van der Waals surface area (Å²) < 4.78 is 2.30. The maximum absolute atomic E-state index is 5.77. The number of aryl methyl sites for hydroxylation is 2. The second-order valence-electron chi connectivity index (χ2n) is 4.53. The quantitative estimate of drug-likeness (QED) is 0.840. The first kappa shape index (κ1) is 11.2. The number of benzene rings is 1. The van der Waals surface area contributed by atoms with Gasteiger partial charge in [-0.1, -0.05) is 18.6 Å². The first-order valence-corrected chi connectivity index (χ1v) is 5.96. The molecule has 2 aromatic rings. The summed E-state index contributed by atoms with van der Waals surface area (Å²) in [6, 6.07) is 6.65. The van der Waals surface area contributed by atoms with Crippen molar-refractivity contribution in [3.05, 3.63) is 35.5 Å². The molecule has 2 N–H and O–H groups in total. The second-order valence-corrected chi connectivity index (χ2v) is 4.53. The molecule has 2 rings (SSSR count). The monoisotopic (exact) mass is 216 g/mol. The molecular weight excluding hydrogens is 196 g/mol. The largest absolute Gasteiger partial charge is 0.347 e. The Kier molecular flexibility index (Phi) is 3.01. The van der Waals surface area contributed by atoms with E-state index < -0.39 is 0 Å². The summed E-state index contributed by atoms with van der Waals surface area (Å²) in [5.74, 6) is 0.428. The maximum atomic E-state index is 5.77. The lowest BCUT2D eigenvalue weighted by atomic mass is 10.00. The van der Waals surface area contributed by atoms with Gasteiger partial charge in [0.2, 0.25) is 0 Å². The number of hydrogen-bond acceptors (Lipinski definition) is 1. The molecule has 0 fully saturated rings. The zero-order valence-electron chi connectivity index (χ0n) is 10.3. The van der Waals surface area contributed by atoms with Crippen LogP contribution in [0.5, 0.6) is 0 Å². The van der Waals surface area contributed by atoms with Gasteiger partial charge >= 0.3 is 0 Å². The Morgan fingerprint density at radius 1 is 1.38 bits per heavy atom. The van der Waals surface area contributed by atoms with Crippen LogP contribution in [0.1, 0.15) is 30.9 Å². The molecule has 1 heterocycles. The number of nitrogens with two attached hydrogens (primary N) is 1. The van der Waals surface area contributed by atoms with Crippen molar-refractivity contribution >= 4 is 10.9 Å². The Balaban J connectivity index is 2.68. The SMILES string of the molecule is CCn1cc(C(C)CN)c2cc(C)ccc21. The molecule has 1 aromatic carbocycles. The van der Waals surface area contributed by atoms with E-state index in [1.807, 2.05) is 0 Å². The highest BCUT2D eigenvalue weighted by Crippen LogP contribution is 2.28. The standard InChI is InChI=1S/C14H20N2/c1-4-16-9-13(11(3)8-15)12-7-10(2)5-6-14(12)16/h5-7,9,11H,4,8,15H2,1-3H3. The van der Waals surface area contributed by atoms with Crippen LogP contribution >= 0.6 is 0 Å². The lowest BCUT2D eigenvalue weighted by molar-refractivity contribution is 0.752. The minimum absolute atomic E-state index is 0.428. The van der Waals surface area contributed by atoms with Gasteiger partial charge in [0, 0.05) is 23.6 Å². The van der Waals surface area contributed by atoms with E-state index in [4.69, 9.17) is 5.73 Å². The Hall–Kier alpha value is -1.28. The third-order valence-corrected chi connectivity index (χ3v) is 3.29. The lowest BCUT2D eigenvalue weighted by Gasteiger charge is -2.06. The zero-order chi connectivity index (χ0) is 11.7. The fourth-order valence-corrected chi connectivity index (χ4v) is 2.22. The highest BCUT2D eigenvalue weighted by atomic mass is 14.9. The van der Waals surface area contributed by atoms with Crippen molar-refractivity contribution in [3.63, 3.8) is 0 Å². The van der Waals surface area contributed by atoms with Crippen molar-refractivity contribution in [3.8, 4) is 0 Å². The van der Waals surface area contributed by atoms with Gasteiger partial charge in [0.1, 0.15) is 0 Å². The zero-order valence-corrected chi connectivity index (χ0v) is 10.3. The first-order chi connectivity index (χ1) is 7.67. The molecule has 0 aliphatic carbocycles. The first-order valence-electron chi connectivity index (χ1n) is 5.96. The molecule has 2 nitrogen and oxygen atoms in total. The number of nitrogens with zero attached hydrogens (tertiary/aromatic N) is 1. The molecule has 0 aliphatic rings. The molecular formula is C14H20N2. The average Bonchev–Trinajstić information content (AvgIpc) is 2.66. The Morgan fingerprint density at radius 3 is 2.75 bits per heavy atom. The lowest BCUT2D eigenvalue weighted by Crippen LogP contribution is -2.08. The molecule has 16 heavy (non-hydrogen) atoms. The number of aromatic nitrogens is 1. The predicted molar refractivity (Wildman–Crippen MR) is 69.8 cm³/mol. The van der Waals surface area contributed by atoms with E-state index in [0.29, 0.717) is 12.5 Å². The second kappa shape index (κ2) is 4.30. The van der Waals surface area contributed by atoms with E-state index in [2.05, 4.69) is 49.7 Å². The summed E-state index contributed by atoms with van der Waals surface area (Å²) in [4.78, 5) is 0. The van der Waals surface area contributed by atoms with E-state index in [1.54, 1.807) is 0 Å². The van der Waals surface area contributed by atoms with E-state index in [1.165, 1.54) is 22.0 Å².